The third-order valence-electron chi connectivity index (χ3n) is 4.23. The normalized spacial score (nSPS) is 13.4. The number of hydrogen-bond donors (Lipinski definition) is 2. The number of aliphatic hydroxyl groups is 1. The van der Waals surface area contributed by atoms with Crippen molar-refractivity contribution in [2.75, 3.05) is 6.54 Å². The number of rotatable bonds is 6. The highest BCUT2D eigenvalue weighted by Gasteiger charge is 2.31. The minimum atomic E-state index is -1.35. The van der Waals surface area contributed by atoms with Crippen molar-refractivity contribution in [1.29, 1.82) is 0 Å². The summed E-state index contributed by atoms with van der Waals surface area (Å²) in [5.74, 6) is -0.654. The fourth-order valence-corrected chi connectivity index (χ4v) is 2.83. The Hall–Kier alpha value is -2.56. The molecule has 0 amide bonds. The monoisotopic (exact) mass is 339 g/mol. The molecule has 3 aromatic carbocycles. The maximum atomic E-state index is 13.8. The minimum absolute atomic E-state index is 0.164. The van der Waals surface area contributed by atoms with Crippen LogP contribution in [-0.2, 0) is 12.1 Å². The fourth-order valence-electron chi connectivity index (χ4n) is 2.83. The Bertz CT molecular complexity index is 821. The van der Waals surface area contributed by atoms with Crippen molar-refractivity contribution in [3.8, 4) is 0 Å². The van der Waals surface area contributed by atoms with E-state index in [1.54, 1.807) is 30.3 Å². The zero-order chi connectivity index (χ0) is 17.7. The SMILES string of the molecule is O[C@@](CNCc1ccccc1F)(c1ccccc1)c1ccc(F)cc1. The second-order valence-corrected chi connectivity index (χ2v) is 5.93. The van der Waals surface area contributed by atoms with Crippen molar-refractivity contribution in [2.24, 2.45) is 0 Å². The van der Waals surface area contributed by atoms with Crippen molar-refractivity contribution in [3.63, 3.8) is 0 Å². The van der Waals surface area contributed by atoms with Crippen molar-refractivity contribution in [1.82, 2.24) is 5.32 Å². The average molecular weight is 339 g/mol. The molecule has 0 saturated carbocycles. The van der Waals surface area contributed by atoms with Crippen LogP contribution in [0.2, 0.25) is 0 Å². The summed E-state index contributed by atoms with van der Waals surface area (Å²) in [6.45, 7) is 0.444. The standard InChI is InChI=1S/C21H19F2NO/c22-19-12-10-18(11-13-19)21(25,17-7-2-1-3-8-17)15-24-14-16-6-4-5-9-20(16)23/h1-13,24-25H,14-15H2/t21-/m0/s1. The van der Waals surface area contributed by atoms with Gasteiger partial charge in [0.2, 0.25) is 0 Å². The lowest BCUT2D eigenvalue weighted by atomic mass is 9.86. The molecule has 0 aromatic heterocycles. The van der Waals surface area contributed by atoms with Gasteiger partial charge in [0, 0.05) is 18.7 Å². The molecule has 0 saturated heterocycles. The Morgan fingerprint density at radius 3 is 2.04 bits per heavy atom. The van der Waals surface area contributed by atoms with Crippen molar-refractivity contribution in [3.05, 3.63) is 107 Å². The Balaban J connectivity index is 1.84. The van der Waals surface area contributed by atoms with Crippen LogP contribution in [0.1, 0.15) is 16.7 Å². The van der Waals surface area contributed by atoms with Crippen LogP contribution in [0.15, 0.2) is 78.9 Å². The summed E-state index contributed by atoms with van der Waals surface area (Å²) in [5.41, 5.74) is 0.432. The molecule has 25 heavy (non-hydrogen) atoms. The number of halogens is 2. The summed E-state index contributed by atoms with van der Waals surface area (Å²) in [5, 5.41) is 14.4. The Morgan fingerprint density at radius 2 is 1.36 bits per heavy atom. The first-order valence-corrected chi connectivity index (χ1v) is 8.08. The van der Waals surface area contributed by atoms with Crippen LogP contribution >= 0.6 is 0 Å². The van der Waals surface area contributed by atoms with Crippen LogP contribution in [0.4, 0.5) is 8.78 Å². The van der Waals surface area contributed by atoms with Crippen LogP contribution in [0, 0.1) is 11.6 Å². The lowest BCUT2D eigenvalue weighted by molar-refractivity contribution is 0.0794. The van der Waals surface area contributed by atoms with Crippen molar-refractivity contribution < 1.29 is 13.9 Å². The summed E-state index contributed by atoms with van der Waals surface area (Å²) >= 11 is 0. The summed E-state index contributed by atoms with van der Waals surface area (Å²) in [7, 11) is 0. The first-order chi connectivity index (χ1) is 12.1. The minimum Gasteiger partial charge on any atom is -0.379 e. The molecule has 0 fully saturated rings. The second kappa shape index (κ2) is 7.55. The van der Waals surface area contributed by atoms with Crippen LogP contribution in [0.5, 0.6) is 0 Å². The molecule has 0 aliphatic heterocycles. The van der Waals surface area contributed by atoms with E-state index in [-0.39, 0.29) is 24.7 Å². The third-order valence-corrected chi connectivity index (χ3v) is 4.23. The van der Waals surface area contributed by atoms with Gasteiger partial charge in [-0.1, -0.05) is 60.7 Å². The molecule has 0 unspecified atom stereocenters. The van der Waals surface area contributed by atoms with Gasteiger partial charge in [-0.2, -0.15) is 0 Å². The predicted octanol–water partition coefficient (Wildman–Crippen LogP) is 3.99. The molecule has 3 aromatic rings. The van der Waals surface area contributed by atoms with Crippen LogP contribution in [-0.4, -0.2) is 11.7 Å². The molecule has 0 spiro atoms. The third kappa shape index (κ3) is 3.92. The van der Waals surface area contributed by atoms with E-state index in [2.05, 4.69) is 5.32 Å². The molecule has 128 valence electrons. The topological polar surface area (TPSA) is 32.3 Å². The number of benzene rings is 3. The van der Waals surface area contributed by atoms with Gasteiger partial charge < -0.3 is 10.4 Å². The van der Waals surface area contributed by atoms with E-state index in [0.717, 1.165) is 0 Å². The Kier molecular flexibility index (Phi) is 5.22. The second-order valence-electron chi connectivity index (χ2n) is 5.93. The van der Waals surface area contributed by atoms with E-state index in [0.29, 0.717) is 16.7 Å². The van der Waals surface area contributed by atoms with Crippen LogP contribution in [0.3, 0.4) is 0 Å². The van der Waals surface area contributed by atoms with E-state index in [9.17, 15) is 13.9 Å². The van der Waals surface area contributed by atoms with Crippen LogP contribution < -0.4 is 5.32 Å². The molecule has 1 atom stereocenters. The smallest absolute Gasteiger partial charge is 0.127 e. The molecule has 2 N–H and O–H groups in total. The lowest BCUT2D eigenvalue weighted by Gasteiger charge is -2.30. The molecule has 0 radical (unpaired) electrons. The van der Waals surface area contributed by atoms with Gasteiger partial charge in [-0.05, 0) is 29.3 Å². The summed E-state index contributed by atoms with van der Waals surface area (Å²) in [6, 6.07) is 21.4. The molecule has 3 rings (SSSR count). The van der Waals surface area contributed by atoms with Crippen molar-refractivity contribution in [2.45, 2.75) is 12.1 Å². The van der Waals surface area contributed by atoms with E-state index in [1.807, 2.05) is 30.3 Å². The van der Waals surface area contributed by atoms with Gasteiger partial charge in [-0.25, -0.2) is 8.78 Å². The van der Waals surface area contributed by atoms with E-state index >= 15 is 0 Å². The molecule has 0 aliphatic carbocycles. The van der Waals surface area contributed by atoms with Gasteiger partial charge >= 0.3 is 0 Å². The summed E-state index contributed by atoms with van der Waals surface area (Å²) in [6.07, 6.45) is 0. The van der Waals surface area contributed by atoms with Gasteiger partial charge in [-0.3, -0.25) is 0 Å². The van der Waals surface area contributed by atoms with E-state index < -0.39 is 5.60 Å². The van der Waals surface area contributed by atoms with Gasteiger partial charge in [0.05, 0.1) is 0 Å². The predicted molar refractivity (Wildman–Crippen MR) is 93.9 cm³/mol. The quantitative estimate of drug-likeness (QED) is 0.712. The van der Waals surface area contributed by atoms with Gasteiger partial charge in [0.15, 0.2) is 0 Å². The fraction of sp³-hybridized carbons (Fsp3) is 0.143. The highest BCUT2D eigenvalue weighted by molar-refractivity contribution is 5.36. The highest BCUT2D eigenvalue weighted by Crippen LogP contribution is 2.29. The zero-order valence-electron chi connectivity index (χ0n) is 13.6. The van der Waals surface area contributed by atoms with Gasteiger partial charge in [-0.15, -0.1) is 0 Å². The summed E-state index contributed by atoms with van der Waals surface area (Å²) in [4.78, 5) is 0. The molecular formula is C21H19F2NO. The molecule has 0 heterocycles. The number of hydrogen-bond acceptors (Lipinski definition) is 2. The lowest BCUT2D eigenvalue weighted by Crippen LogP contribution is -2.39. The first-order valence-electron chi connectivity index (χ1n) is 8.08. The molecule has 2 nitrogen and oxygen atoms in total. The highest BCUT2D eigenvalue weighted by atomic mass is 19.1. The summed E-state index contributed by atoms with van der Waals surface area (Å²) < 4.78 is 27.0. The largest absolute Gasteiger partial charge is 0.379 e. The van der Waals surface area contributed by atoms with Gasteiger partial charge in [0.25, 0.3) is 0 Å². The van der Waals surface area contributed by atoms with E-state index in [1.165, 1.54) is 18.2 Å². The molecule has 0 aliphatic rings. The Morgan fingerprint density at radius 1 is 0.760 bits per heavy atom. The molecular weight excluding hydrogens is 320 g/mol. The molecule has 4 heteroatoms. The Labute approximate surface area is 145 Å². The zero-order valence-corrected chi connectivity index (χ0v) is 13.6. The van der Waals surface area contributed by atoms with Gasteiger partial charge in [0.1, 0.15) is 17.2 Å². The average Bonchev–Trinajstić information content (AvgIpc) is 2.64. The number of nitrogens with one attached hydrogen (secondary N) is 1. The maximum absolute atomic E-state index is 13.8. The molecule has 0 bridgehead atoms. The maximum Gasteiger partial charge on any atom is 0.127 e. The van der Waals surface area contributed by atoms with Crippen molar-refractivity contribution >= 4 is 0 Å². The van der Waals surface area contributed by atoms with Crippen LogP contribution in [0.25, 0.3) is 0 Å². The first kappa shape index (κ1) is 17.3. The van der Waals surface area contributed by atoms with E-state index in [4.69, 9.17) is 0 Å².